The molecule has 0 saturated carbocycles. The molecule has 6 nitrogen and oxygen atoms in total. The summed E-state index contributed by atoms with van der Waals surface area (Å²) in [5, 5.41) is 2.81. The van der Waals surface area contributed by atoms with Crippen LogP contribution in [0, 0.1) is 6.92 Å². The third-order valence-electron chi connectivity index (χ3n) is 2.84. The highest BCUT2D eigenvalue weighted by molar-refractivity contribution is 5.90. The van der Waals surface area contributed by atoms with Gasteiger partial charge in [0.05, 0.1) is 18.4 Å². The Bertz CT molecular complexity index is 552. The standard InChI is InChI=1S/C14H19N5O/c1-11-8-16-13(17-11)10-19(2)7-5-14(20)18-12-4-3-6-15-9-12/h3-4,6,8-9H,5,7,10H2,1-2H3,(H,16,17)(H,18,20). The molecule has 2 aromatic heterocycles. The molecule has 6 heteroatoms. The molecule has 2 rings (SSSR count). The van der Waals surface area contributed by atoms with Crippen LogP contribution in [0.1, 0.15) is 17.9 Å². The summed E-state index contributed by atoms with van der Waals surface area (Å²) in [4.78, 5) is 25.2. The van der Waals surface area contributed by atoms with Gasteiger partial charge in [-0.25, -0.2) is 4.98 Å². The summed E-state index contributed by atoms with van der Waals surface area (Å²) < 4.78 is 0. The topological polar surface area (TPSA) is 73.9 Å². The van der Waals surface area contributed by atoms with E-state index in [4.69, 9.17) is 0 Å². The van der Waals surface area contributed by atoms with E-state index in [1.165, 1.54) is 0 Å². The maximum Gasteiger partial charge on any atom is 0.225 e. The molecule has 2 heterocycles. The van der Waals surface area contributed by atoms with E-state index in [0.29, 0.717) is 19.5 Å². The zero-order chi connectivity index (χ0) is 14.4. The summed E-state index contributed by atoms with van der Waals surface area (Å²) in [7, 11) is 1.97. The predicted molar refractivity (Wildman–Crippen MR) is 77.1 cm³/mol. The summed E-state index contributed by atoms with van der Waals surface area (Å²) in [6, 6.07) is 3.61. The Morgan fingerprint density at radius 3 is 2.95 bits per heavy atom. The highest BCUT2D eigenvalue weighted by Crippen LogP contribution is 2.04. The monoisotopic (exact) mass is 273 g/mol. The molecule has 0 spiro atoms. The Kier molecular flexibility index (Phi) is 4.84. The second-order valence-corrected chi connectivity index (χ2v) is 4.79. The molecule has 0 atom stereocenters. The van der Waals surface area contributed by atoms with Crippen molar-refractivity contribution >= 4 is 11.6 Å². The molecule has 0 saturated heterocycles. The molecule has 2 N–H and O–H groups in total. The number of hydrogen-bond donors (Lipinski definition) is 2. The lowest BCUT2D eigenvalue weighted by molar-refractivity contribution is -0.116. The lowest BCUT2D eigenvalue weighted by Crippen LogP contribution is -2.24. The summed E-state index contributed by atoms with van der Waals surface area (Å²) in [5.41, 5.74) is 1.77. The number of carbonyl (C=O) groups excluding carboxylic acids is 1. The summed E-state index contributed by atoms with van der Waals surface area (Å²) in [6.07, 6.45) is 5.55. The Morgan fingerprint density at radius 1 is 1.45 bits per heavy atom. The van der Waals surface area contributed by atoms with Gasteiger partial charge in [-0.2, -0.15) is 0 Å². The van der Waals surface area contributed by atoms with Gasteiger partial charge in [0.1, 0.15) is 5.82 Å². The summed E-state index contributed by atoms with van der Waals surface area (Å²) in [5.74, 6) is 0.901. The average Bonchev–Trinajstić information content (AvgIpc) is 2.83. The minimum absolute atomic E-state index is 0.0134. The Morgan fingerprint density at radius 2 is 2.30 bits per heavy atom. The van der Waals surface area contributed by atoms with Crippen LogP contribution in [-0.2, 0) is 11.3 Å². The number of carbonyl (C=O) groups is 1. The number of aromatic amines is 1. The van der Waals surface area contributed by atoms with Crippen LogP contribution in [0.5, 0.6) is 0 Å². The van der Waals surface area contributed by atoms with Gasteiger partial charge in [0.2, 0.25) is 5.91 Å². The van der Waals surface area contributed by atoms with E-state index in [9.17, 15) is 4.79 Å². The van der Waals surface area contributed by atoms with Crippen molar-refractivity contribution in [2.45, 2.75) is 19.9 Å². The number of nitrogens with one attached hydrogen (secondary N) is 2. The number of rotatable bonds is 6. The largest absolute Gasteiger partial charge is 0.345 e. The van der Waals surface area contributed by atoms with Crippen LogP contribution in [0.4, 0.5) is 5.69 Å². The van der Waals surface area contributed by atoms with E-state index >= 15 is 0 Å². The second-order valence-electron chi connectivity index (χ2n) is 4.79. The highest BCUT2D eigenvalue weighted by atomic mass is 16.1. The van der Waals surface area contributed by atoms with Gasteiger partial charge in [-0.15, -0.1) is 0 Å². The molecular weight excluding hydrogens is 254 g/mol. The number of pyridine rings is 1. The van der Waals surface area contributed by atoms with Crippen LogP contribution in [-0.4, -0.2) is 39.4 Å². The minimum atomic E-state index is -0.0134. The number of amides is 1. The molecule has 0 aliphatic carbocycles. The smallest absolute Gasteiger partial charge is 0.225 e. The van der Waals surface area contributed by atoms with Crippen molar-refractivity contribution in [3.8, 4) is 0 Å². The number of aromatic nitrogens is 3. The third kappa shape index (κ3) is 4.47. The van der Waals surface area contributed by atoms with Crippen LogP contribution in [0.25, 0.3) is 0 Å². The molecule has 0 aromatic carbocycles. The van der Waals surface area contributed by atoms with Crippen molar-refractivity contribution in [1.29, 1.82) is 0 Å². The van der Waals surface area contributed by atoms with Crippen LogP contribution >= 0.6 is 0 Å². The summed E-state index contributed by atoms with van der Waals surface area (Å²) >= 11 is 0. The van der Waals surface area contributed by atoms with Crippen LogP contribution < -0.4 is 5.32 Å². The fourth-order valence-corrected chi connectivity index (χ4v) is 1.83. The maximum absolute atomic E-state index is 11.8. The van der Waals surface area contributed by atoms with Crippen molar-refractivity contribution in [1.82, 2.24) is 19.9 Å². The fraction of sp³-hybridized carbons (Fsp3) is 0.357. The van der Waals surface area contributed by atoms with Gasteiger partial charge >= 0.3 is 0 Å². The van der Waals surface area contributed by atoms with Gasteiger partial charge in [-0.1, -0.05) is 0 Å². The molecule has 0 bridgehead atoms. The lowest BCUT2D eigenvalue weighted by Gasteiger charge is -2.14. The molecular formula is C14H19N5O. The van der Waals surface area contributed by atoms with Gasteiger partial charge in [0.15, 0.2) is 0 Å². The van der Waals surface area contributed by atoms with Gasteiger partial charge in [-0.05, 0) is 26.1 Å². The number of imidazole rings is 1. The van der Waals surface area contributed by atoms with Crippen molar-refractivity contribution in [2.75, 3.05) is 18.9 Å². The molecule has 0 fully saturated rings. The van der Waals surface area contributed by atoms with E-state index in [1.807, 2.05) is 20.0 Å². The van der Waals surface area contributed by atoms with E-state index in [1.54, 1.807) is 24.7 Å². The van der Waals surface area contributed by atoms with Gasteiger partial charge < -0.3 is 10.3 Å². The number of aryl methyl sites for hydroxylation is 1. The van der Waals surface area contributed by atoms with Crippen molar-refractivity contribution in [3.63, 3.8) is 0 Å². The maximum atomic E-state index is 11.8. The Labute approximate surface area is 118 Å². The first-order chi connectivity index (χ1) is 9.63. The minimum Gasteiger partial charge on any atom is -0.345 e. The SMILES string of the molecule is Cc1cnc(CN(C)CCC(=O)Nc2cccnc2)[nH]1. The number of H-pyrrole nitrogens is 1. The van der Waals surface area contributed by atoms with Gasteiger partial charge in [0, 0.05) is 31.1 Å². The average molecular weight is 273 g/mol. The van der Waals surface area contributed by atoms with Gasteiger partial charge in [0.25, 0.3) is 0 Å². The Balaban J connectivity index is 1.73. The van der Waals surface area contributed by atoms with Crippen molar-refractivity contribution in [2.24, 2.45) is 0 Å². The Hall–Kier alpha value is -2.21. The van der Waals surface area contributed by atoms with E-state index < -0.39 is 0 Å². The zero-order valence-electron chi connectivity index (χ0n) is 11.8. The molecule has 1 amide bonds. The predicted octanol–water partition coefficient (Wildman–Crippen LogP) is 1.57. The van der Waals surface area contributed by atoms with Crippen molar-refractivity contribution < 1.29 is 4.79 Å². The lowest BCUT2D eigenvalue weighted by atomic mass is 10.3. The molecule has 0 unspecified atom stereocenters. The molecule has 0 aliphatic heterocycles. The van der Waals surface area contributed by atoms with Gasteiger partial charge in [-0.3, -0.25) is 14.7 Å². The highest BCUT2D eigenvalue weighted by Gasteiger charge is 2.07. The van der Waals surface area contributed by atoms with Crippen LogP contribution in [0.2, 0.25) is 0 Å². The molecule has 106 valence electrons. The first-order valence-corrected chi connectivity index (χ1v) is 6.52. The summed E-state index contributed by atoms with van der Waals surface area (Å²) in [6.45, 7) is 3.34. The number of anilines is 1. The zero-order valence-corrected chi connectivity index (χ0v) is 11.8. The van der Waals surface area contributed by atoms with E-state index in [-0.39, 0.29) is 5.91 Å². The van der Waals surface area contributed by atoms with Crippen molar-refractivity contribution in [3.05, 3.63) is 42.2 Å². The first kappa shape index (κ1) is 14.2. The molecule has 20 heavy (non-hydrogen) atoms. The fourth-order valence-electron chi connectivity index (χ4n) is 1.83. The second kappa shape index (κ2) is 6.81. The van der Waals surface area contributed by atoms with Crippen LogP contribution in [0.15, 0.2) is 30.7 Å². The normalized spacial score (nSPS) is 10.8. The van der Waals surface area contributed by atoms with Crippen LogP contribution in [0.3, 0.4) is 0 Å². The molecule has 0 aliphatic rings. The molecule has 0 radical (unpaired) electrons. The number of hydrogen-bond acceptors (Lipinski definition) is 4. The van der Waals surface area contributed by atoms with E-state index in [0.717, 1.165) is 17.2 Å². The molecule has 2 aromatic rings. The van der Waals surface area contributed by atoms with E-state index in [2.05, 4.69) is 25.2 Å². The third-order valence-corrected chi connectivity index (χ3v) is 2.84. The first-order valence-electron chi connectivity index (χ1n) is 6.52. The number of nitrogens with zero attached hydrogens (tertiary/aromatic N) is 3. The quantitative estimate of drug-likeness (QED) is 0.838.